The number of ether oxygens (including phenoxy) is 1. The van der Waals surface area contributed by atoms with Gasteiger partial charge < -0.3 is 14.9 Å². The Kier molecular flexibility index (Phi) is 11.8. The molecule has 1 atom stereocenters. The highest BCUT2D eigenvalue weighted by Gasteiger charge is 2.39. The van der Waals surface area contributed by atoms with Crippen LogP contribution < -0.4 is 0 Å². The van der Waals surface area contributed by atoms with Crippen molar-refractivity contribution in [3.05, 3.63) is 33.5 Å². The number of carboxylic acid groups (broad SMARTS) is 2. The predicted octanol–water partition coefficient (Wildman–Crippen LogP) is 4.07. The maximum Gasteiger partial charge on any atom is 0.490 e. The van der Waals surface area contributed by atoms with Crippen LogP contribution in [0.1, 0.15) is 41.7 Å². The fourth-order valence-corrected chi connectivity index (χ4v) is 3.81. The first kappa shape index (κ1) is 31.3. The lowest BCUT2D eigenvalue weighted by Crippen LogP contribution is -2.36. The summed E-state index contributed by atoms with van der Waals surface area (Å²) in [5, 5.41) is 22.1. The Morgan fingerprint density at radius 3 is 2.11 bits per heavy atom. The molecule has 204 valence electrons. The number of rotatable bonds is 6. The van der Waals surface area contributed by atoms with Crippen LogP contribution in [0.15, 0.2) is 11.6 Å². The molecule has 3 heterocycles. The second kappa shape index (κ2) is 13.5. The minimum Gasteiger partial charge on any atom is -0.475 e. The number of fused-ring (bicyclic) bond motifs is 1. The van der Waals surface area contributed by atoms with E-state index >= 15 is 0 Å². The summed E-state index contributed by atoms with van der Waals surface area (Å²) in [6.07, 6.45) is -8.14. The van der Waals surface area contributed by atoms with Crippen LogP contribution in [0.5, 0.6) is 0 Å². The van der Waals surface area contributed by atoms with Gasteiger partial charge in [-0.3, -0.25) is 9.58 Å². The lowest BCUT2D eigenvalue weighted by atomic mass is 9.96. The van der Waals surface area contributed by atoms with Crippen LogP contribution >= 0.6 is 11.3 Å². The highest BCUT2D eigenvalue weighted by molar-refractivity contribution is 7.09. The topological polar surface area (TPSA) is 118 Å². The van der Waals surface area contributed by atoms with Crippen LogP contribution in [-0.4, -0.2) is 73.9 Å². The Morgan fingerprint density at radius 2 is 1.69 bits per heavy atom. The number of aryl methyl sites for hydroxylation is 2. The standard InChI is InChI=1S/C16H24N4OS.2C2HF3O2/c1-4-20-16-13(6-17-20)7-19(8-14(16)10-21-5-2)9-15-11-22-12(3)18-15;2*3-2(4,5)1(6)7/h6,11,14H,4-5,7-10H2,1-3H3;2*(H,6,7). The Hall–Kier alpha value is -2.72. The van der Waals surface area contributed by atoms with Gasteiger partial charge in [0.15, 0.2) is 0 Å². The normalized spacial score (nSPS) is 15.8. The molecule has 1 aliphatic rings. The third-order valence-electron chi connectivity index (χ3n) is 4.58. The lowest BCUT2D eigenvalue weighted by molar-refractivity contribution is -0.193. The molecule has 9 nitrogen and oxygen atoms in total. The number of hydrogen-bond donors (Lipinski definition) is 2. The van der Waals surface area contributed by atoms with Gasteiger partial charge in [0.25, 0.3) is 0 Å². The SMILES string of the molecule is CCOCC1CN(Cc2csc(C)n2)Cc2cnn(CC)c21.O=C(O)C(F)(F)F.O=C(O)C(F)(F)F. The summed E-state index contributed by atoms with van der Waals surface area (Å²) in [7, 11) is 0. The number of carbonyl (C=O) groups is 2. The number of thiazole rings is 1. The Labute approximate surface area is 206 Å². The summed E-state index contributed by atoms with van der Waals surface area (Å²) in [6, 6.07) is 0. The second-order valence-electron chi connectivity index (χ2n) is 7.36. The largest absolute Gasteiger partial charge is 0.490 e. The van der Waals surface area contributed by atoms with Crippen molar-refractivity contribution in [3.63, 3.8) is 0 Å². The van der Waals surface area contributed by atoms with Crippen molar-refractivity contribution in [1.82, 2.24) is 19.7 Å². The van der Waals surface area contributed by atoms with Gasteiger partial charge in [-0.1, -0.05) is 0 Å². The number of halogens is 6. The molecule has 0 radical (unpaired) electrons. The molecule has 0 saturated carbocycles. The molecule has 0 saturated heterocycles. The quantitative estimate of drug-likeness (QED) is 0.519. The number of alkyl halides is 6. The zero-order valence-electron chi connectivity index (χ0n) is 19.6. The zero-order chi connectivity index (χ0) is 27.7. The molecule has 2 N–H and O–H groups in total. The zero-order valence-corrected chi connectivity index (χ0v) is 20.4. The highest BCUT2D eigenvalue weighted by Crippen LogP contribution is 2.29. The summed E-state index contributed by atoms with van der Waals surface area (Å²) in [5.41, 5.74) is 3.87. The van der Waals surface area contributed by atoms with Gasteiger partial charge in [-0.15, -0.1) is 11.3 Å². The molecule has 2 aromatic heterocycles. The monoisotopic (exact) mass is 548 g/mol. The van der Waals surface area contributed by atoms with Gasteiger partial charge in [0.05, 0.1) is 23.5 Å². The molecule has 0 amide bonds. The van der Waals surface area contributed by atoms with E-state index in [1.165, 1.54) is 17.0 Å². The third-order valence-corrected chi connectivity index (χ3v) is 5.40. The molecule has 16 heteroatoms. The van der Waals surface area contributed by atoms with E-state index in [0.29, 0.717) is 5.92 Å². The Balaban J connectivity index is 0.000000383. The van der Waals surface area contributed by atoms with Gasteiger partial charge >= 0.3 is 24.3 Å². The number of nitrogens with zero attached hydrogens (tertiary/aromatic N) is 4. The number of carboxylic acids is 2. The van der Waals surface area contributed by atoms with Gasteiger partial charge in [0.1, 0.15) is 0 Å². The average Bonchev–Trinajstić information content (AvgIpc) is 3.37. The van der Waals surface area contributed by atoms with E-state index in [2.05, 4.69) is 45.8 Å². The van der Waals surface area contributed by atoms with Gasteiger partial charge in [-0.25, -0.2) is 14.6 Å². The minimum atomic E-state index is -5.08. The van der Waals surface area contributed by atoms with E-state index in [1.807, 2.05) is 6.20 Å². The maximum absolute atomic E-state index is 10.6. The smallest absolute Gasteiger partial charge is 0.475 e. The van der Waals surface area contributed by atoms with Crippen LogP contribution in [0.25, 0.3) is 0 Å². The van der Waals surface area contributed by atoms with Crippen molar-refractivity contribution in [3.8, 4) is 0 Å². The predicted molar refractivity (Wildman–Crippen MR) is 115 cm³/mol. The highest BCUT2D eigenvalue weighted by atomic mass is 32.1. The van der Waals surface area contributed by atoms with Gasteiger partial charge in [-0.2, -0.15) is 31.4 Å². The lowest BCUT2D eigenvalue weighted by Gasteiger charge is -2.32. The molecule has 0 fully saturated rings. The average molecular weight is 549 g/mol. The van der Waals surface area contributed by atoms with E-state index in [4.69, 9.17) is 24.5 Å². The molecule has 0 bridgehead atoms. The third kappa shape index (κ3) is 10.1. The van der Waals surface area contributed by atoms with E-state index in [9.17, 15) is 26.3 Å². The van der Waals surface area contributed by atoms with Gasteiger partial charge in [0, 0.05) is 55.3 Å². The fourth-order valence-electron chi connectivity index (χ4n) is 3.21. The van der Waals surface area contributed by atoms with Crippen LogP contribution in [0.4, 0.5) is 26.3 Å². The maximum atomic E-state index is 10.6. The van der Waals surface area contributed by atoms with E-state index < -0.39 is 24.3 Å². The number of hydrogen-bond acceptors (Lipinski definition) is 7. The van der Waals surface area contributed by atoms with E-state index in [-0.39, 0.29) is 0 Å². The van der Waals surface area contributed by atoms with Crippen molar-refractivity contribution < 1.29 is 50.9 Å². The van der Waals surface area contributed by atoms with Gasteiger partial charge in [-0.05, 0) is 20.8 Å². The minimum absolute atomic E-state index is 0.394. The number of aliphatic carboxylic acids is 2. The van der Waals surface area contributed by atoms with Gasteiger partial charge in [0.2, 0.25) is 0 Å². The molecule has 2 aromatic rings. The first-order valence-corrected chi connectivity index (χ1v) is 11.3. The summed E-state index contributed by atoms with van der Waals surface area (Å²) >= 11 is 1.72. The molecule has 3 rings (SSSR count). The van der Waals surface area contributed by atoms with Crippen molar-refractivity contribution >= 4 is 23.3 Å². The van der Waals surface area contributed by atoms with Crippen molar-refractivity contribution in [2.24, 2.45) is 0 Å². The van der Waals surface area contributed by atoms with Crippen LogP contribution in [0.3, 0.4) is 0 Å². The first-order valence-electron chi connectivity index (χ1n) is 10.5. The molecule has 0 spiro atoms. The summed E-state index contributed by atoms with van der Waals surface area (Å²) in [5.74, 6) is -5.12. The van der Waals surface area contributed by atoms with Crippen LogP contribution in [-0.2, 0) is 34.0 Å². The molecule has 36 heavy (non-hydrogen) atoms. The van der Waals surface area contributed by atoms with E-state index in [0.717, 1.165) is 44.4 Å². The molecule has 0 aromatic carbocycles. The number of aromatic nitrogens is 3. The Morgan fingerprint density at radius 1 is 1.14 bits per heavy atom. The second-order valence-corrected chi connectivity index (χ2v) is 8.42. The van der Waals surface area contributed by atoms with Crippen LogP contribution in [0.2, 0.25) is 0 Å². The molecule has 0 aliphatic carbocycles. The summed E-state index contributed by atoms with van der Waals surface area (Å²) in [6.45, 7) is 11.6. The fraction of sp³-hybridized carbons (Fsp3) is 0.600. The molecular weight excluding hydrogens is 522 g/mol. The summed E-state index contributed by atoms with van der Waals surface area (Å²) in [4.78, 5) is 24.8. The Bertz CT molecular complexity index is 968. The molecule has 1 unspecified atom stereocenters. The van der Waals surface area contributed by atoms with Crippen molar-refractivity contribution in [2.75, 3.05) is 19.8 Å². The molecule has 1 aliphatic heterocycles. The van der Waals surface area contributed by atoms with Crippen molar-refractivity contribution in [1.29, 1.82) is 0 Å². The van der Waals surface area contributed by atoms with Crippen LogP contribution in [0, 0.1) is 6.92 Å². The van der Waals surface area contributed by atoms with E-state index in [1.54, 1.807) is 11.3 Å². The summed E-state index contributed by atoms with van der Waals surface area (Å²) < 4.78 is 71.3. The van der Waals surface area contributed by atoms with Crippen molar-refractivity contribution in [2.45, 2.75) is 58.7 Å². The first-order chi connectivity index (χ1) is 16.6. The molecular formula is C20H26F6N4O5S.